The molecule has 2 aromatic heterocycles. The minimum absolute atomic E-state index is 0.154. The van der Waals surface area contributed by atoms with Crippen LogP contribution in [0.25, 0.3) is 0 Å². The zero-order valence-electron chi connectivity index (χ0n) is 8.96. The van der Waals surface area contributed by atoms with Crippen molar-refractivity contribution in [1.29, 1.82) is 0 Å². The predicted molar refractivity (Wildman–Crippen MR) is 58.2 cm³/mol. The number of aromatic nitrogens is 2. The maximum Gasteiger partial charge on any atom is 0.338 e. The van der Waals surface area contributed by atoms with Gasteiger partial charge in [-0.2, -0.15) is 10.2 Å². The van der Waals surface area contributed by atoms with Gasteiger partial charge >= 0.3 is 5.97 Å². The fourth-order valence-electron chi connectivity index (χ4n) is 1.33. The first-order valence-corrected chi connectivity index (χ1v) is 5.03. The molecule has 0 aliphatic carbocycles. The van der Waals surface area contributed by atoms with Crippen LogP contribution < -0.4 is 5.32 Å². The molecule has 2 rings (SSSR count). The second-order valence-electron chi connectivity index (χ2n) is 3.43. The van der Waals surface area contributed by atoms with Gasteiger partial charge in [-0.3, -0.25) is 0 Å². The molecule has 0 aliphatic heterocycles. The van der Waals surface area contributed by atoms with Crippen molar-refractivity contribution in [3.05, 3.63) is 47.7 Å². The number of carbonyl (C=O) groups is 1. The molecule has 6 heteroatoms. The average Bonchev–Trinajstić information content (AvgIpc) is 2.79. The van der Waals surface area contributed by atoms with E-state index < -0.39 is 5.97 Å². The van der Waals surface area contributed by atoms with Crippen LogP contribution in [-0.2, 0) is 13.1 Å². The summed E-state index contributed by atoms with van der Waals surface area (Å²) in [5, 5.41) is 19.4. The molecule has 0 spiro atoms. The number of nitrogens with zero attached hydrogens (tertiary/aromatic N) is 2. The van der Waals surface area contributed by atoms with Gasteiger partial charge in [0.05, 0.1) is 17.8 Å². The molecule has 2 N–H and O–H groups in total. The molecule has 0 radical (unpaired) electrons. The van der Waals surface area contributed by atoms with Crippen LogP contribution in [0.3, 0.4) is 0 Å². The van der Waals surface area contributed by atoms with E-state index in [1.165, 1.54) is 12.3 Å². The number of hydrogen-bond acceptors (Lipinski definition) is 5. The predicted octanol–water partition coefficient (Wildman–Crippen LogP) is 1.06. The molecule has 88 valence electrons. The third-order valence-corrected chi connectivity index (χ3v) is 2.13. The van der Waals surface area contributed by atoms with Gasteiger partial charge < -0.3 is 14.8 Å². The Morgan fingerprint density at radius 1 is 1.47 bits per heavy atom. The number of nitrogens with one attached hydrogen (secondary N) is 1. The molecule has 0 saturated carbocycles. The van der Waals surface area contributed by atoms with Crippen LogP contribution in [0.1, 0.15) is 21.8 Å². The lowest BCUT2D eigenvalue weighted by Gasteiger charge is -2.00. The lowest BCUT2D eigenvalue weighted by Crippen LogP contribution is -2.13. The molecule has 0 fully saturated rings. The Morgan fingerprint density at radius 3 is 3.00 bits per heavy atom. The average molecular weight is 233 g/mol. The van der Waals surface area contributed by atoms with E-state index in [0.717, 1.165) is 5.69 Å². The standard InChI is InChI=1S/C11H11N3O3/c15-11(16)8-4-10(17-7-8)6-12-5-9-2-1-3-13-14-9/h1-4,7,12H,5-6H2,(H,15,16). The minimum atomic E-state index is -0.992. The van der Waals surface area contributed by atoms with Crippen LogP contribution in [-0.4, -0.2) is 21.3 Å². The molecule has 0 saturated heterocycles. The highest BCUT2D eigenvalue weighted by molar-refractivity contribution is 5.87. The maximum atomic E-state index is 10.6. The molecule has 0 aliphatic rings. The van der Waals surface area contributed by atoms with Crippen molar-refractivity contribution in [1.82, 2.24) is 15.5 Å². The lowest BCUT2D eigenvalue weighted by molar-refractivity contribution is 0.0696. The van der Waals surface area contributed by atoms with Crippen LogP contribution >= 0.6 is 0 Å². The van der Waals surface area contributed by atoms with Crippen LogP contribution in [0.2, 0.25) is 0 Å². The Kier molecular flexibility index (Phi) is 3.46. The first-order chi connectivity index (χ1) is 8.25. The van der Waals surface area contributed by atoms with Crippen LogP contribution in [0.5, 0.6) is 0 Å². The highest BCUT2D eigenvalue weighted by Crippen LogP contribution is 2.07. The fraction of sp³-hybridized carbons (Fsp3) is 0.182. The molecule has 6 nitrogen and oxygen atoms in total. The largest absolute Gasteiger partial charge is 0.478 e. The molecule has 2 heterocycles. The summed E-state index contributed by atoms with van der Waals surface area (Å²) in [6.07, 6.45) is 2.83. The molecule has 0 aromatic carbocycles. The van der Waals surface area contributed by atoms with E-state index in [9.17, 15) is 4.79 Å². The van der Waals surface area contributed by atoms with Gasteiger partial charge in [0.25, 0.3) is 0 Å². The minimum Gasteiger partial charge on any atom is -0.478 e. The summed E-state index contributed by atoms with van der Waals surface area (Å²) < 4.78 is 5.08. The van der Waals surface area contributed by atoms with E-state index in [1.54, 1.807) is 12.3 Å². The maximum absolute atomic E-state index is 10.6. The first-order valence-electron chi connectivity index (χ1n) is 5.03. The number of hydrogen-bond donors (Lipinski definition) is 2. The summed E-state index contributed by atoms with van der Waals surface area (Å²) in [6.45, 7) is 1.00. The van der Waals surface area contributed by atoms with Gasteiger partial charge in [0.2, 0.25) is 0 Å². The third kappa shape index (κ3) is 3.12. The molecular weight excluding hydrogens is 222 g/mol. The highest BCUT2D eigenvalue weighted by Gasteiger charge is 2.07. The second kappa shape index (κ2) is 5.22. The molecule has 0 bridgehead atoms. The Labute approximate surface area is 97.3 Å². The normalized spacial score (nSPS) is 10.4. The number of carboxylic acid groups (broad SMARTS) is 1. The van der Waals surface area contributed by atoms with Gasteiger partial charge in [-0.25, -0.2) is 4.79 Å². The van der Waals surface area contributed by atoms with E-state index in [1.807, 2.05) is 6.07 Å². The number of aromatic carboxylic acids is 1. The van der Waals surface area contributed by atoms with Crippen molar-refractivity contribution in [2.24, 2.45) is 0 Å². The Balaban J connectivity index is 1.84. The molecule has 0 amide bonds. The summed E-state index contributed by atoms with van der Waals surface area (Å²) in [6, 6.07) is 5.15. The highest BCUT2D eigenvalue weighted by atomic mass is 16.4. The zero-order chi connectivity index (χ0) is 12.1. The van der Waals surface area contributed by atoms with Crippen LogP contribution in [0.4, 0.5) is 0 Å². The van der Waals surface area contributed by atoms with E-state index in [0.29, 0.717) is 18.8 Å². The van der Waals surface area contributed by atoms with Crippen molar-refractivity contribution in [3.8, 4) is 0 Å². The number of rotatable bonds is 5. The van der Waals surface area contributed by atoms with Crippen molar-refractivity contribution in [2.45, 2.75) is 13.1 Å². The Hall–Kier alpha value is -2.21. The van der Waals surface area contributed by atoms with E-state index in [4.69, 9.17) is 9.52 Å². The quantitative estimate of drug-likeness (QED) is 0.802. The van der Waals surface area contributed by atoms with Gasteiger partial charge in [-0.05, 0) is 18.2 Å². The third-order valence-electron chi connectivity index (χ3n) is 2.13. The van der Waals surface area contributed by atoms with E-state index in [-0.39, 0.29) is 5.56 Å². The van der Waals surface area contributed by atoms with Crippen LogP contribution in [0.15, 0.2) is 35.1 Å². The summed E-state index contributed by atoms with van der Waals surface area (Å²) in [5.74, 6) is -0.416. The SMILES string of the molecule is O=C(O)c1coc(CNCc2cccnn2)c1. The van der Waals surface area contributed by atoms with E-state index in [2.05, 4.69) is 15.5 Å². The number of furan rings is 1. The lowest BCUT2D eigenvalue weighted by atomic mass is 10.3. The smallest absolute Gasteiger partial charge is 0.338 e. The van der Waals surface area contributed by atoms with Crippen LogP contribution in [0, 0.1) is 0 Å². The summed E-state index contributed by atoms with van der Waals surface area (Å²) in [4.78, 5) is 10.6. The molecule has 0 atom stereocenters. The fourth-order valence-corrected chi connectivity index (χ4v) is 1.33. The Bertz CT molecular complexity index is 496. The van der Waals surface area contributed by atoms with Gasteiger partial charge in [0, 0.05) is 12.7 Å². The van der Waals surface area contributed by atoms with Crippen molar-refractivity contribution < 1.29 is 14.3 Å². The van der Waals surface area contributed by atoms with E-state index >= 15 is 0 Å². The molecule has 2 aromatic rings. The summed E-state index contributed by atoms with van der Waals surface area (Å²) in [5.41, 5.74) is 0.971. The molecule has 0 unspecified atom stereocenters. The molecular formula is C11H11N3O3. The molecule has 17 heavy (non-hydrogen) atoms. The monoisotopic (exact) mass is 233 g/mol. The first kappa shape index (κ1) is 11.3. The summed E-state index contributed by atoms with van der Waals surface area (Å²) >= 11 is 0. The Morgan fingerprint density at radius 2 is 2.35 bits per heavy atom. The zero-order valence-corrected chi connectivity index (χ0v) is 8.96. The number of carboxylic acids is 1. The van der Waals surface area contributed by atoms with Crippen molar-refractivity contribution in [3.63, 3.8) is 0 Å². The van der Waals surface area contributed by atoms with Gasteiger partial charge in [0.15, 0.2) is 0 Å². The van der Waals surface area contributed by atoms with Gasteiger partial charge in [-0.1, -0.05) is 0 Å². The topological polar surface area (TPSA) is 88.2 Å². The van der Waals surface area contributed by atoms with Crippen molar-refractivity contribution in [2.75, 3.05) is 0 Å². The van der Waals surface area contributed by atoms with Crippen molar-refractivity contribution >= 4 is 5.97 Å². The van der Waals surface area contributed by atoms with Gasteiger partial charge in [-0.15, -0.1) is 0 Å². The second-order valence-corrected chi connectivity index (χ2v) is 3.43. The van der Waals surface area contributed by atoms with Gasteiger partial charge in [0.1, 0.15) is 12.0 Å². The summed E-state index contributed by atoms with van der Waals surface area (Å²) in [7, 11) is 0.